The van der Waals surface area contributed by atoms with Gasteiger partial charge >= 0.3 is 0 Å². The van der Waals surface area contributed by atoms with Gasteiger partial charge in [0.2, 0.25) is 0 Å². The Morgan fingerprint density at radius 2 is 1.74 bits per heavy atom. The number of fused-ring (bicyclic) bond motifs is 1. The van der Waals surface area contributed by atoms with Crippen LogP contribution in [0, 0.1) is 0 Å². The van der Waals surface area contributed by atoms with E-state index < -0.39 is 0 Å². The third-order valence-corrected chi connectivity index (χ3v) is 6.51. The first-order chi connectivity index (χ1) is 16.7. The fourth-order valence-electron chi connectivity index (χ4n) is 3.92. The maximum Gasteiger partial charge on any atom is 0.255 e. The molecule has 0 unspecified atom stereocenters. The van der Waals surface area contributed by atoms with Gasteiger partial charge in [0.15, 0.2) is 5.65 Å². The number of anilines is 1. The highest BCUT2D eigenvalue weighted by Gasteiger charge is 2.19. The summed E-state index contributed by atoms with van der Waals surface area (Å²) in [6.07, 6.45) is 1.94. The highest BCUT2D eigenvalue weighted by Crippen LogP contribution is 2.33. The zero-order chi connectivity index (χ0) is 23.3. The Hall–Kier alpha value is -3.94. The minimum absolute atomic E-state index is 0.166. The van der Waals surface area contributed by atoms with Crippen LogP contribution in [0.2, 0.25) is 0 Å². The summed E-state index contributed by atoms with van der Waals surface area (Å²) in [5.41, 5.74) is 10.9. The van der Waals surface area contributed by atoms with Crippen LogP contribution >= 0.6 is 11.3 Å². The van der Waals surface area contributed by atoms with Gasteiger partial charge in [0.25, 0.3) is 5.91 Å². The molecule has 0 radical (unpaired) electrons. The second-order valence-corrected chi connectivity index (χ2v) is 8.90. The first-order valence-corrected chi connectivity index (χ1v) is 12.0. The number of nitrogens with two attached hydrogens (primary N) is 1. The predicted octanol–water partition coefficient (Wildman–Crippen LogP) is 5.06. The average molecular weight is 468 g/mol. The monoisotopic (exact) mass is 467 g/mol. The van der Waals surface area contributed by atoms with Crippen LogP contribution in [0.4, 0.5) is 5.82 Å². The predicted molar refractivity (Wildman–Crippen MR) is 138 cm³/mol. The van der Waals surface area contributed by atoms with Crippen LogP contribution < -0.4 is 16.4 Å². The van der Waals surface area contributed by atoms with E-state index in [-0.39, 0.29) is 5.91 Å². The quantitative estimate of drug-likeness (QED) is 0.298. The van der Waals surface area contributed by atoms with Crippen molar-refractivity contribution in [3.05, 3.63) is 113 Å². The first kappa shape index (κ1) is 21.9. The molecule has 3 heterocycles. The molecule has 3 aromatic heterocycles. The molecule has 34 heavy (non-hydrogen) atoms. The SMILES string of the molecule is NCc1cccc(CNC(=O)c2cccn3c(NCc4ccccc4)c(-c4cccs4)nc23)c1. The third-order valence-electron chi connectivity index (χ3n) is 5.63. The number of thiophene rings is 1. The smallest absolute Gasteiger partial charge is 0.255 e. The largest absolute Gasteiger partial charge is 0.365 e. The summed E-state index contributed by atoms with van der Waals surface area (Å²) in [7, 11) is 0. The Bertz CT molecular complexity index is 1410. The van der Waals surface area contributed by atoms with Crippen molar-refractivity contribution in [3.8, 4) is 10.6 Å². The number of hydrogen-bond acceptors (Lipinski definition) is 5. The van der Waals surface area contributed by atoms with Gasteiger partial charge in [-0.2, -0.15) is 0 Å². The van der Waals surface area contributed by atoms with Gasteiger partial charge in [0.1, 0.15) is 11.5 Å². The molecule has 0 bridgehead atoms. The van der Waals surface area contributed by atoms with E-state index in [1.54, 1.807) is 11.3 Å². The summed E-state index contributed by atoms with van der Waals surface area (Å²) in [4.78, 5) is 19.1. The molecule has 4 N–H and O–H groups in total. The van der Waals surface area contributed by atoms with E-state index >= 15 is 0 Å². The molecule has 2 aromatic carbocycles. The van der Waals surface area contributed by atoms with E-state index in [0.29, 0.717) is 30.8 Å². The lowest BCUT2D eigenvalue weighted by molar-refractivity contribution is 0.0952. The molecule has 0 spiro atoms. The molecule has 0 aliphatic heterocycles. The molecule has 6 nitrogen and oxygen atoms in total. The van der Waals surface area contributed by atoms with Crippen molar-refractivity contribution in [1.82, 2.24) is 14.7 Å². The van der Waals surface area contributed by atoms with E-state index in [9.17, 15) is 4.79 Å². The summed E-state index contributed by atoms with van der Waals surface area (Å²) in [5, 5.41) is 8.60. The summed E-state index contributed by atoms with van der Waals surface area (Å²) >= 11 is 1.63. The second-order valence-electron chi connectivity index (χ2n) is 7.95. The number of aromatic nitrogens is 2. The van der Waals surface area contributed by atoms with Gasteiger partial charge in [-0.1, -0.05) is 60.7 Å². The molecule has 170 valence electrons. The molecule has 0 saturated heterocycles. The Labute approximate surface area is 202 Å². The van der Waals surface area contributed by atoms with Crippen molar-refractivity contribution in [2.24, 2.45) is 5.73 Å². The van der Waals surface area contributed by atoms with Crippen molar-refractivity contribution in [2.75, 3.05) is 5.32 Å². The van der Waals surface area contributed by atoms with Gasteiger partial charge in [-0.25, -0.2) is 4.98 Å². The second kappa shape index (κ2) is 9.91. The molecular weight excluding hydrogens is 442 g/mol. The molecule has 7 heteroatoms. The van der Waals surface area contributed by atoms with Gasteiger partial charge in [0.05, 0.1) is 10.4 Å². The van der Waals surface area contributed by atoms with E-state index in [1.165, 1.54) is 5.56 Å². The van der Waals surface area contributed by atoms with Gasteiger partial charge in [-0.15, -0.1) is 11.3 Å². The molecule has 0 aliphatic rings. The molecular formula is C27H25N5OS. The average Bonchev–Trinajstić information content (AvgIpc) is 3.54. The summed E-state index contributed by atoms with van der Waals surface area (Å²) in [6, 6.07) is 25.9. The number of amides is 1. The van der Waals surface area contributed by atoms with E-state index in [4.69, 9.17) is 10.7 Å². The lowest BCUT2D eigenvalue weighted by Gasteiger charge is -2.10. The lowest BCUT2D eigenvalue weighted by Crippen LogP contribution is -2.23. The minimum atomic E-state index is -0.166. The first-order valence-electron chi connectivity index (χ1n) is 11.1. The van der Waals surface area contributed by atoms with Crippen LogP contribution in [0.25, 0.3) is 16.2 Å². The molecule has 0 aliphatic carbocycles. The summed E-state index contributed by atoms with van der Waals surface area (Å²) in [6.45, 7) is 1.55. The Morgan fingerprint density at radius 1 is 0.912 bits per heavy atom. The molecule has 1 amide bonds. The normalized spacial score (nSPS) is 11.0. The fourth-order valence-corrected chi connectivity index (χ4v) is 4.64. The van der Waals surface area contributed by atoms with Crippen LogP contribution in [-0.4, -0.2) is 15.3 Å². The molecule has 5 aromatic rings. The Morgan fingerprint density at radius 3 is 2.53 bits per heavy atom. The van der Waals surface area contributed by atoms with Crippen LogP contribution in [0.1, 0.15) is 27.0 Å². The standard InChI is InChI=1S/C27H25N5OS/c28-16-20-9-4-10-21(15-20)18-30-27(33)22-11-5-13-32-25(22)31-24(23-12-6-14-34-23)26(32)29-17-19-7-2-1-3-8-19/h1-15,29H,16-18,28H2,(H,30,33). The number of rotatable bonds is 8. The van der Waals surface area contributed by atoms with Gasteiger partial charge in [-0.3, -0.25) is 9.20 Å². The zero-order valence-electron chi connectivity index (χ0n) is 18.6. The van der Waals surface area contributed by atoms with Gasteiger partial charge in [-0.05, 0) is 40.3 Å². The number of carbonyl (C=O) groups is 1. The number of hydrogen-bond donors (Lipinski definition) is 3. The number of carbonyl (C=O) groups excluding carboxylic acids is 1. The Kier molecular flexibility index (Phi) is 6.38. The number of pyridine rings is 1. The van der Waals surface area contributed by atoms with Crippen LogP contribution in [-0.2, 0) is 19.6 Å². The van der Waals surface area contributed by atoms with Gasteiger partial charge in [0, 0.05) is 25.8 Å². The van der Waals surface area contributed by atoms with Crippen molar-refractivity contribution in [1.29, 1.82) is 0 Å². The highest BCUT2D eigenvalue weighted by atomic mass is 32.1. The maximum atomic E-state index is 13.2. The zero-order valence-corrected chi connectivity index (χ0v) is 19.4. The highest BCUT2D eigenvalue weighted by molar-refractivity contribution is 7.13. The topological polar surface area (TPSA) is 84.5 Å². The molecule has 0 saturated carbocycles. The lowest BCUT2D eigenvalue weighted by atomic mass is 10.1. The maximum absolute atomic E-state index is 13.2. The van der Waals surface area contributed by atoms with E-state index in [2.05, 4.69) is 22.8 Å². The molecule has 5 rings (SSSR count). The Balaban J connectivity index is 1.46. The van der Waals surface area contributed by atoms with Crippen molar-refractivity contribution >= 4 is 28.7 Å². The summed E-state index contributed by atoms with van der Waals surface area (Å²) in [5.74, 6) is 0.702. The van der Waals surface area contributed by atoms with Crippen molar-refractivity contribution < 1.29 is 4.79 Å². The van der Waals surface area contributed by atoms with Crippen LogP contribution in [0.5, 0.6) is 0 Å². The molecule has 0 fully saturated rings. The van der Waals surface area contributed by atoms with Crippen molar-refractivity contribution in [3.63, 3.8) is 0 Å². The van der Waals surface area contributed by atoms with Gasteiger partial charge < -0.3 is 16.4 Å². The van der Waals surface area contributed by atoms with Crippen molar-refractivity contribution in [2.45, 2.75) is 19.6 Å². The van der Waals surface area contributed by atoms with E-state index in [0.717, 1.165) is 27.5 Å². The third kappa shape index (κ3) is 4.57. The molecule has 0 atom stereocenters. The van der Waals surface area contributed by atoms with E-state index in [1.807, 2.05) is 82.7 Å². The number of imidazole rings is 1. The number of nitrogens with one attached hydrogen (secondary N) is 2. The fraction of sp³-hybridized carbons (Fsp3) is 0.111. The summed E-state index contributed by atoms with van der Waals surface area (Å²) < 4.78 is 1.96. The number of benzene rings is 2. The number of nitrogens with zero attached hydrogens (tertiary/aromatic N) is 2. The van der Waals surface area contributed by atoms with Crippen LogP contribution in [0.15, 0.2) is 90.4 Å². The van der Waals surface area contributed by atoms with Crippen LogP contribution in [0.3, 0.4) is 0 Å². The minimum Gasteiger partial charge on any atom is -0.365 e.